The molecule has 116 valence electrons. The molecule has 6 heteroatoms. The number of halogens is 1. The fourth-order valence-electron chi connectivity index (χ4n) is 2.04. The minimum absolute atomic E-state index is 0.102. The van der Waals surface area contributed by atoms with Gasteiger partial charge < -0.3 is 10.2 Å². The Balaban J connectivity index is 2.00. The van der Waals surface area contributed by atoms with Crippen LogP contribution in [-0.2, 0) is 6.54 Å². The number of carbonyl (C=O) groups excluding carboxylic acids is 1. The largest absolute Gasteiger partial charge is 0.364 e. The third kappa shape index (κ3) is 3.95. The zero-order valence-corrected chi connectivity index (χ0v) is 13.5. The maximum Gasteiger partial charge on any atom is 0.274 e. The van der Waals surface area contributed by atoms with Gasteiger partial charge in [0.1, 0.15) is 5.82 Å². The van der Waals surface area contributed by atoms with Gasteiger partial charge in [0.2, 0.25) is 0 Å². The lowest BCUT2D eigenvalue weighted by Crippen LogP contribution is -2.31. The third-order valence-corrected chi connectivity index (χ3v) is 3.72. The van der Waals surface area contributed by atoms with Crippen LogP contribution in [0.2, 0.25) is 5.02 Å². The molecule has 0 spiro atoms. The molecule has 0 aliphatic rings. The summed E-state index contributed by atoms with van der Waals surface area (Å²) < 4.78 is 0. The average molecular weight is 319 g/mol. The Bertz CT molecular complexity index is 626. The summed E-state index contributed by atoms with van der Waals surface area (Å²) >= 11 is 6.10. The van der Waals surface area contributed by atoms with E-state index in [4.69, 9.17) is 11.6 Å². The highest BCUT2D eigenvalue weighted by atomic mass is 35.5. The Morgan fingerprint density at radius 2 is 1.86 bits per heavy atom. The van der Waals surface area contributed by atoms with Gasteiger partial charge in [0.15, 0.2) is 5.69 Å². The number of rotatable bonds is 6. The molecule has 5 nitrogen and oxygen atoms in total. The van der Waals surface area contributed by atoms with E-state index in [-0.39, 0.29) is 5.91 Å². The smallest absolute Gasteiger partial charge is 0.274 e. The summed E-state index contributed by atoms with van der Waals surface area (Å²) in [5, 5.41) is 11.9. The number of carbonyl (C=O) groups is 1. The molecule has 1 N–H and O–H groups in total. The van der Waals surface area contributed by atoms with Gasteiger partial charge in [0.25, 0.3) is 5.91 Å². The van der Waals surface area contributed by atoms with Crippen molar-refractivity contribution in [3.63, 3.8) is 0 Å². The van der Waals surface area contributed by atoms with Gasteiger partial charge >= 0.3 is 0 Å². The number of hydrogen-bond acceptors (Lipinski definition) is 4. The zero-order chi connectivity index (χ0) is 15.9. The molecule has 1 aromatic carbocycles. The van der Waals surface area contributed by atoms with Crippen molar-refractivity contribution in [2.75, 3.05) is 18.4 Å². The van der Waals surface area contributed by atoms with Crippen LogP contribution in [0.3, 0.4) is 0 Å². The molecule has 1 heterocycles. The van der Waals surface area contributed by atoms with Crippen LogP contribution < -0.4 is 5.32 Å². The van der Waals surface area contributed by atoms with E-state index in [1.807, 2.05) is 38.1 Å². The van der Waals surface area contributed by atoms with E-state index in [1.54, 1.807) is 17.0 Å². The van der Waals surface area contributed by atoms with Crippen LogP contribution in [0.25, 0.3) is 0 Å². The van der Waals surface area contributed by atoms with Gasteiger partial charge in [-0.1, -0.05) is 29.8 Å². The Morgan fingerprint density at radius 3 is 2.45 bits per heavy atom. The monoisotopic (exact) mass is 318 g/mol. The number of aromatic nitrogens is 2. The number of benzene rings is 1. The van der Waals surface area contributed by atoms with Gasteiger partial charge in [0, 0.05) is 24.7 Å². The summed E-state index contributed by atoms with van der Waals surface area (Å²) in [5.41, 5.74) is 1.33. The Hall–Kier alpha value is -2.14. The molecule has 0 aliphatic carbocycles. The molecule has 1 aromatic heterocycles. The van der Waals surface area contributed by atoms with E-state index in [2.05, 4.69) is 15.5 Å². The molecule has 0 atom stereocenters. The van der Waals surface area contributed by atoms with Gasteiger partial charge in [-0.05, 0) is 37.6 Å². The Labute approximate surface area is 135 Å². The van der Waals surface area contributed by atoms with Crippen molar-refractivity contribution < 1.29 is 4.79 Å². The fourth-order valence-corrected chi connectivity index (χ4v) is 2.24. The lowest BCUT2D eigenvalue weighted by atomic mass is 10.2. The Morgan fingerprint density at radius 1 is 1.14 bits per heavy atom. The molecule has 0 radical (unpaired) electrons. The Kier molecular flexibility index (Phi) is 5.72. The lowest BCUT2D eigenvalue weighted by Gasteiger charge is -2.17. The summed E-state index contributed by atoms with van der Waals surface area (Å²) in [4.78, 5) is 13.8. The minimum Gasteiger partial charge on any atom is -0.364 e. The number of amides is 1. The normalized spacial score (nSPS) is 10.3. The van der Waals surface area contributed by atoms with Crippen molar-refractivity contribution in [2.45, 2.75) is 20.4 Å². The SMILES string of the molecule is CCN(CC)C(=O)c1ccc(NCc2ccccc2Cl)nn1. The summed E-state index contributed by atoms with van der Waals surface area (Å²) in [6, 6.07) is 11.0. The molecule has 2 aromatic rings. The first-order valence-corrected chi connectivity index (χ1v) is 7.63. The summed E-state index contributed by atoms with van der Waals surface area (Å²) in [5.74, 6) is 0.506. The highest BCUT2D eigenvalue weighted by Crippen LogP contribution is 2.16. The van der Waals surface area contributed by atoms with Crippen LogP contribution in [-0.4, -0.2) is 34.1 Å². The van der Waals surface area contributed by atoms with Crippen LogP contribution in [0.4, 0.5) is 5.82 Å². The molecular weight excluding hydrogens is 300 g/mol. The first kappa shape index (κ1) is 16.2. The van der Waals surface area contributed by atoms with Crippen molar-refractivity contribution in [3.05, 3.63) is 52.7 Å². The second kappa shape index (κ2) is 7.75. The predicted molar refractivity (Wildman–Crippen MR) is 88.1 cm³/mol. The van der Waals surface area contributed by atoms with E-state index >= 15 is 0 Å². The topological polar surface area (TPSA) is 58.1 Å². The number of anilines is 1. The van der Waals surface area contributed by atoms with E-state index in [9.17, 15) is 4.79 Å². The van der Waals surface area contributed by atoms with Crippen LogP contribution in [0.1, 0.15) is 29.9 Å². The number of hydrogen-bond donors (Lipinski definition) is 1. The molecular formula is C16H19ClN4O. The molecule has 22 heavy (non-hydrogen) atoms. The fraction of sp³-hybridized carbons (Fsp3) is 0.312. The average Bonchev–Trinajstić information content (AvgIpc) is 2.55. The van der Waals surface area contributed by atoms with Crippen molar-refractivity contribution in [2.24, 2.45) is 0 Å². The van der Waals surface area contributed by atoms with Crippen molar-refractivity contribution in [3.8, 4) is 0 Å². The molecule has 0 unspecified atom stereocenters. The highest BCUT2D eigenvalue weighted by Gasteiger charge is 2.14. The number of nitrogens with one attached hydrogen (secondary N) is 1. The van der Waals surface area contributed by atoms with Crippen molar-refractivity contribution in [1.29, 1.82) is 0 Å². The molecule has 0 aliphatic heterocycles. The van der Waals surface area contributed by atoms with Crippen LogP contribution in [0, 0.1) is 0 Å². The van der Waals surface area contributed by atoms with Gasteiger partial charge in [-0.2, -0.15) is 0 Å². The molecule has 0 saturated carbocycles. The first-order chi connectivity index (χ1) is 10.7. The van der Waals surface area contributed by atoms with E-state index in [0.717, 1.165) is 5.56 Å². The molecule has 2 rings (SSSR count). The van der Waals surface area contributed by atoms with E-state index in [0.29, 0.717) is 36.2 Å². The highest BCUT2D eigenvalue weighted by molar-refractivity contribution is 6.31. The first-order valence-electron chi connectivity index (χ1n) is 7.26. The predicted octanol–water partition coefficient (Wildman–Crippen LogP) is 3.22. The van der Waals surface area contributed by atoms with Crippen molar-refractivity contribution >= 4 is 23.3 Å². The lowest BCUT2D eigenvalue weighted by molar-refractivity contribution is 0.0766. The van der Waals surface area contributed by atoms with Gasteiger partial charge in [-0.25, -0.2) is 0 Å². The third-order valence-electron chi connectivity index (χ3n) is 3.35. The maximum atomic E-state index is 12.1. The van der Waals surface area contributed by atoms with E-state index < -0.39 is 0 Å². The summed E-state index contributed by atoms with van der Waals surface area (Å²) in [6.45, 7) is 5.74. The summed E-state index contributed by atoms with van der Waals surface area (Å²) in [7, 11) is 0. The molecule has 0 fully saturated rings. The number of nitrogens with zero attached hydrogens (tertiary/aromatic N) is 3. The molecule has 0 saturated heterocycles. The summed E-state index contributed by atoms with van der Waals surface area (Å²) in [6.07, 6.45) is 0. The van der Waals surface area contributed by atoms with E-state index in [1.165, 1.54) is 0 Å². The van der Waals surface area contributed by atoms with Crippen molar-refractivity contribution in [1.82, 2.24) is 15.1 Å². The van der Waals surface area contributed by atoms with Gasteiger partial charge in [0.05, 0.1) is 0 Å². The quantitative estimate of drug-likeness (QED) is 0.888. The standard InChI is InChI=1S/C16H19ClN4O/c1-3-21(4-2)16(22)14-9-10-15(20-19-14)18-11-12-7-5-6-8-13(12)17/h5-10H,3-4,11H2,1-2H3,(H,18,20). The van der Waals surface area contributed by atoms with Crippen LogP contribution in [0.5, 0.6) is 0 Å². The minimum atomic E-state index is -0.102. The second-order valence-corrected chi connectivity index (χ2v) is 5.13. The maximum absolute atomic E-state index is 12.1. The van der Waals surface area contributed by atoms with Gasteiger partial charge in [-0.15, -0.1) is 10.2 Å². The molecule has 1 amide bonds. The van der Waals surface area contributed by atoms with Gasteiger partial charge in [-0.3, -0.25) is 4.79 Å². The second-order valence-electron chi connectivity index (χ2n) is 4.73. The molecule has 0 bridgehead atoms. The van der Waals surface area contributed by atoms with Crippen LogP contribution >= 0.6 is 11.6 Å². The zero-order valence-electron chi connectivity index (χ0n) is 12.7. The van der Waals surface area contributed by atoms with Crippen LogP contribution in [0.15, 0.2) is 36.4 Å².